The van der Waals surface area contributed by atoms with E-state index in [0.29, 0.717) is 68.7 Å². The zero-order valence-electron chi connectivity index (χ0n) is 26.0. The van der Waals surface area contributed by atoms with E-state index in [1.807, 2.05) is 34.2 Å². The summed E-state index contributed by atoms with van der Waals surface area (Å²) in [5.41, 5.74) is 9.70. The average Bonchev–Trinajstić information content (AvgIpc) is 3.53. The van der Waals surface area contributed by atoms with Crippen LogP contribution >= 0.6 is 22.9 Å². The van der Waals surface area contributed by atoms with E-state index in [0.717, 1.165) is 67.1 Å². The smallest absolute Gasteiger partial charge is 0.323 e. The highest BCUT2D eigenvalue weighted by Crippen LogP contribution is 2.32. The first-order valence-electron chi connectivity index (χ1n) is 16.3. The Kier molecular flexibility index (Phi) is 10.0. The molecule has 1 aromatic carbocycles. The van der Waals surface area contributed by atoms with Crippen LogP contribution in [0.3, 0.4) is 0 Å². The number of nitrogens with two attached hydrogens (primary N) is 1. The van der Waals surface area contributed by atoms with Gasteiger partial charge in [0.25, 0.3) is 0 Å². The number of piperidine rings is 2. The minimum Gasteiger partial charge on any atom is -0.397 e. The Morgan fingerprint density at radius 2 is 1.73 bits per heavy atom. The standard InChI is InChI=1S/C32H45ClN8O3S/c1-2-22-17-21(18-26(33)28(22)34)19-27(30(42)39-10-3-24(4-11-39)38-14-8-35-9-15-38)36-31(43)40-12-5-25(6-13-40)41-20-23-7-16-45-29(23)37-32(41)44/h7,16-18,24-25,27,35H,2-6,8-15,19-20,34H2,1H3,(H,36,43)(H,37,44)/t27-/m1/s1. The molecule has 4 aliphatic heterocycles. The van der Waals surface area contributed by atoms with Crippen LogP contribution < -0.4 is 21.7 Å². The molecule has 0 radical (unpaired) electrons. The molecule has 11 nitrogen and oxygen atoms in total. The normalized spacial score (nSPS) is 20.9. The van der Waals surface area contributed by atoms with Crippen molar-refractivity contribution < 1.29 is 14.4 Å². The molecule has 0 saturated carbocycles. The Hall–Kier alpha value is -3.06. The number of piperazine rings is 1. The number of carbonyl (C=O) groups excluding carboxylic acids is 3. The molecule has 3 saturated heterocycles. The number of thiophene rings is 1. The number of urea groups is 2. The lowest BCUT2D eigenvalue weighted by atomic mass is 9.98. The molecule has 5 heterocycles. The Morgan fingerprint density at radius 3 is 2.44 bits per heavy atom. The van der Waals surface area contributed by atoms with E-state index in [4.69, 9.17) is 17.3 Å². The summed E-state index contributed by atoms with van der Waals surface area (Å²) in [6.45, 7) is 9.11. The van der Waals surface area contributed by atoms with E-state index in [1.54, 1.807) is 16.2 Å². The summed E-state index contributed by atoms with van der Waals surface area (Å²) in [5, 5.41) is 12.9. The SMILES string of the molecule is CCc1cc(C[C@@H](NC(=O)N2CCC(N3Cc4ccsc4NC3=O)CC2)C(=O)N2CCC(N3CCNCC3)CC2)cc(Cl)c1N. The minimum absolute atomic E-state index is 0.0560. The molecule has 45 heavy (non-hydrogen) atoms. The number of aryl methyl sites for hydroxylation is 1. The number of anilines is 2. The van der Waals surface area contributed by atoms with Crippen LogP contribution in [0.4, 0.5) is 20.3 Å². The summed E-state index contributed by atoms with van der Waals surface area (Å²) < 4.78 is 0. The van der Waals surface area contributed by atoms with Gasteiger partial charge in [-0.15, -0.1) is 11.3 Å². The van der Waals surface area contributed by atoms with Gasteiger partial charge in [0.05, 0.1) is 17.3 Å². The average molecular weight is 657 g/mol. The first-order chi connectivity index (χ1) is 21.8. The molecule has 0 unspecified atom stereocenters. The molecule has 5 N–H and O–H groups in total. The van der Waals surface area contributed by atoms with Crippen LogP contribution in [0.2, 0.25) is 5.02 Å². The zero-order chi connectivity index (χ0) is 31.5. The van der Waals surface area contributed by atoms with Gasteiger partial charge in [-0.2, -0.15) is 0 Å². The largest absolute Gasteiger partial charge is 0.397 e. The van der Waals surface area contributed by atoms with Crippen molar-refractivity contribution in [3.63, 3.8) is 0 Å². The monoisotopic (exact) mass is 656 g/mol. The van der Waals surface area contributed by atoms with E-state index in [1.165, 1.54) is 0 Å². The van der Waals surface area contributed by atoms with Gasteiger partial charge >= 0.3 is 12.1 Å². The zero-order valence-corrected chi connectivity index (χ0v) is 27.6. The fourth-order valence-corrected chi connectivity index (χ4v) is 8.27. The summed E-state index contributed by atoms with van der Waals surface area (Å²) in [4.78, 5) is 48.6. The predicted octanol–water partition coefficient (Wildman–Crippen LogP) is 3.58. The molecule has 2 aromatic rings. The van der Waals surface area contributed by atoms with Crippen molar-refractivity contribution in [2.24, 2.45) is 0 Å². The highest BCUT2D eigenvalue weighted by Gasteiger charge is 2.36. The number of carbonyl (C=O) groups is 3. The third kappa shape index (κ3) is 7.19. The molecular weight excluding hydrogens is 612 g/mol. The molecule has 4 aliphatic rings. The summed E-state index contributed by atoms with van der Waals surface area (Å²) in [7, 11) is 0. The van der Waals surface area contributed by atoms with Crippen molar-refractivity contribution in [3.8, 4) is 0 Å². The van der Waals surface area contributed by atoms with Crippen LogP contribution in [0.5, 0.6) is 0 Å². The van der Waals surface area contributed by atoms with Gasteiger partial charge in [0.2, 0.25) is 5.91 Å². The van der Waals surface area contributed by atoms with Crippen LogP contribution in [-0.4, -0.2) is 108 Å². The van der Waals surface area contributed by atoms with E-state index in [-0.39, 0.29) is 24.0 Å². The highest BCUT2D eigenvalue weighted by molar-refractivity contribution is 7.14. The lowest BCUT2D eigenvalue weighted by molar-refractivity contribution is -0.134. The molecule has 13 heteroatoms. The number of benzene rings is 1. The van der Waals surface area contributed by atoms with E-state index >= 15 is 0 Å². The van der Waals surface area contributed by atoms with Gasteiger partial charge in [-0.25, -0.2) is 9.59 Å². The van der Waals surface area contributed by atoms with Crippen molar-refractivity contribution in [1.82, 2.24) is 30.2 Å². The second kappa shape index (κ2) is 14.1. The number of nitrogen functional groups attached to an aromatic ring is 1. The van der Waals surface area contributed by atoms with Gasteiger partial charge in [-0.1, -0.05) is 24.6 Å². The lowest BCUT2D eigenvalue weighted by Gasteiger charge is -2.41. The Bertz CT molecular complexity index is 1380. The molecule has 3 fully saturated rings. The molecule has 1 atom stereocenters. The first-order valence-corrected chi connectivity index (χ1v) is 17.6. The Morgan fingerprint density at radius 1 is 1.04 bits per heavy atom. The van der Waals surface area contributed by atoms with Crippen molar-refractivity contribution in [3.05, 3.63) is 45.3 Å². The highest BCUT2D eigenvalue weighted by atomic mass is 35.5. The van der Waals surface area contributed by atoms with Crippen molar-refractivity contribution >= 4 is 51.6 Å². The van der Waals surface area contributed by atoms with Gasteiger partial charge in [-0.3, -0.25) is 15.0 Å². The summed E-state index contributed by atoms with van der Waals surface area (Å²) >= 11 is 8.02. The number of nitrogens with one attached hydrogen (secondary N) is 3. The Labute approximate surface area is 274 Å². The summed E-state index contributed by atoms with van der Waals surface area (Å²) in [6, 6.07) is 5.36. The van der Waals surface area contributed by atoms with Gasteiger partial charge in [-0.05, 0) is 60.7 Å². The third-order valence-electron chi connectivity index (χ3n) is 9.90. The van der Waals surface area contributed by atoms with E-state index in [9.17, 15) is 14.4 Å². The van der Waals surface area contributed by atoms with Crippen molar-refractivity contribution in [2.45, 2.75) is 70.1 Å². The topological polar surface area (TPSA) is 126 Å². The van der Waals surface area contributed by atoms with Crippen LogP contribution in [0.15, 0.2) is 23.6 Å². The van der Waals surface area contributed by atoms with Crippen LogP contribution in [0, 0.1) is 0 Å². The van der Waals surface area contributed by atoms with Gasteiger partial charge < -0.3 is 31.1 Å². The maximum atomic E-state index is 14.0. The maximum absolute atomic E-state index is 14.0. The molecule has 0 aliphatic carbocycles. The summed E-state index contributed by atoms with van der Waals surface area (Å²) in [6.07, 6.45) is 4.30. The Balaban J connectivity index is 1.10. The number of hydrogen-bond acceptors (Lipinski definition) is 7. The molecule has 0 bridgehead atoms. The van der Waals surface area contributed by atoms with E-state index < -0.39 is 6.04 Å². The maximum Gasteiger partial charge on any atom is 0.323 e. The van der Waals surface area contributed by atoms with Gasteiger partial charge in [0, 0.05) is 76.4 Å². The number of nitrogens with zero attached hydrogens (tertiary/aromatic N) is 4. The quantitative estimate of drug-likeness (QED) is 0.338. The van der Waals surface area contributed by atoms with Gasteiger partial charge in [0.15, 0.2) is 0 Å². The minimum atomic E-state index is -0.722. The number of halogens is 1. The molecule has 244 valence electrons. The molecule has 1 aromatic heterocycles. The number of rotatable bonds is 7. The lowest BCUT2D eigenvalue weighted by Crippen LogP contribution is -2.58. The summed E-state index contributed by atoms with van der Waals surface area (Å²) in [5.74, 6) is -0.0560. The predicted molar refractivity (Wildman–Crippen MR) is 179 cm³/mol. The molecule has 6 rings (SSSR count). The molecular formula is C32H45ClN8O3S. The first kappa shape index (κ1) is 31.9. The fourth-order valence-electron chi connectivity index (χ4n) is 7.21. The van der Waals surface area contributed by atoms with Crippen LogP contribution in [0.25, 0.3) is 0 Å². The second-order valence-electron chi connectivity index (χ2n) is 12.6. The second-order valence-corrected chi connectivity index (χ2v) is 13.9. The fraction of sp³-hybridized carbons (Fsp3) is 0.594. The van der Waals surface area contributed by atoms with Crippen LogP contribution in [-0.2, 0) is 24.2 Å². The van der Waals surface area contributed by atoms with E-state index in [2.05, 4.69) is 26.9 Å². The number of hydrogen-bond donors (Lipinski definition) is 4. The number of amides is 5. The third-order valence-corrected chi connectivity index (χ3v) is 11.1. The molecule has 0 spiro atoms. The molecule has 5 amide bonds. The van der Waals surface area contributed by atoms with Crippen LogP contribution in [0.1, 0.15) is 49.3 Å². The van der Waals surface area contributed by atoms with Crippen molar-refractivity contribution in [2.75, 3.05) is 63.4 Å². The number of likely N-dealkylation sites (tertiary alicyclic amines) is 2. The van der Waals surface area contributed by atoms with Gasteiger partial charge in [0.1, 0.15) is 11.0 Å². The number of fused-ring (bicyclic) bond motifs is 1. The van der Waals surface area contributed by atoms with Crippen molar-refractivity contribution in [1.29, 1.82) is 0 Å².